The number of fused-ring (bicyclic) bond motifs is 1. The highest BCUT2D eigenvalue weighted by atomic mass is 32.2. The van der Waals surface area contributed by atoms with Crippen molar-refractivity contribution in [2.24, 2.45) is 5.92 Å². The third-order valence-corrected chi connectivity index (χ3v) is 4.82. The van der Waals surface area contributed by atoms with Crippen LogP contribution in [0.5, 0.6) is 0 Å². The van der Waals surface area contributed by atoms with E-state index in [0.29, 0.717) is 17.0 Å². The molecule has 1 aromatic heterocycles. The molecule has 0 fully saturated rings. The minimum atomic E-state index is 0.635. The van der Waals surface area contributed by atoms with E-state index in [1.807, 2.05) is 30.0 Å². The number of nitrogens with zero attached hydrogens (tertiary/aromatic N) is 1. The lowest BCUT2D eigenvalue weighted by Crippen LogP contribution is -2.06. The van der Waals surface area contributed by atoms with Crippen LogP contribution in [-0.2, 0) is 5.75 Å². The van der Waals surface area contributed by atoms with Crippen molar-refractivity contribution in [3.8, 4) is 0 Å². The Morgan fingerprint density at radius 3 is 2.67 bits per heavy atom. The van der Waals surface area contributed by atoms with Crippen LogP contribution in [0.3, 0.4) is 0 Å². The molecule has 1 unspecified atom stereocenters. The Morgan fingerprint density at radius 2 is 1.94 bits per heavy atom. The highest BCUT2D eigenvalue weighted by molar-refractivity contribution is 7.99. The Labute approximate surface area is 113 Å². The Morgan fingerprint density at radius 1 is 1.22 bits per heavy atom. The zero-order chi connectivity index (χ0) is 13.1. The molecule has 0 amide bonds. The van der Waals surface area contributed by atoms with Crippen LogP contribution in [0.25, 0.3) is 10.9 Å². The Bertz CT molecular complexity index is 537. The Balaban J connectivity index is 2.20. The summed E-state index contributed by atoms with van der Waals surface area (Å²) >= 11 is 1.94. The minimum absolute atomic E-state index is 0.635. The molecule has 0 bridgehead atoms. The van der Waals surface area contributed by atoms with E-state index in [1.54, 1.807) is 0 Å². The molecule has 1 aromatic carbocycles. The molecule has 0 aliphatic heterocycles. The first-order chi connectivity index (χ1) is 8.58. The van der Waals surface area contributed by atoms with Crippen LogP contribution in [0.2, 0.25) is 0 Å². The maximum absolute atomic E-state index is 6.02. The Hall–Kier alpha value is -1.22. The maximum atomic E-state index is 6.02. The van der Waals surface area contributed by atoms with E-state index in [4.69, 9.17) is 5.73 Å². The van der Waals surface area contributed by atoms with Crippen LogP contribution in [0.15, 0.2) is 30.3 Å². The van der Waals surface area contributed by atoms with Crippen molar-refractivity contribution in [1.29, 1.82) is 0 Å². The van der Waals surface area contributed by atoms with E-state index >= 15 is 0 Å². The average molecular weight is 260 g/mol. The number of nitrogens with two attached hydrogens (primary N) is 1. The van der Waals surface area contributed by atoms with Crippen LogP contribution in [0.4, 0.5) is 5.82 Å². The zero-order valence-corrected chi connectivity index (χ0v) is 12.0. The zero-order valence-electron chi connectivity index (χ0n) is 11.2. The second kappa shape index (κ2) is 5.61. The number of hydrogen-bond donors (Lipinski definition) is 1. The number of para-hydroxylation sites is 1. The van der Waals surface area contributed by atoms with Gasteiger partial charge in [0.05, 0.1) is 5.52 Å². The summed E-state index contributed by atoms with van der Waals surface area (Å²) in [6.07, 6.45) is 0. The van der Waals surface area contributed by atoms with E-state index in [1.165, 1.54) is 5.39 Å². The molecule has 3 heteroatoms. The standard InChI is InChI=1S/C15H20N2S/c1-10(2)11(3)18-9-13-8-12-6-4-5-7-14(12)17-15(13)16/h4-8,10-11H,9H2,1-3H3,(H2,16,17). The van der Waals surface area contributed by atoms with E-state index in [2.05, 4.69) is 37.9 Å². The first-order valence-corrected chi connectivity index (χ1v) is 7.38. The molecule has 18 heavy (non-hydrogen) atoms. The average Bonchev–Trinajstić information content (AvgIpc) is 2.35. The summed E-state index contributed by atoms with van der Waals surface area (Å²) in [6.45, 7) is 6.76. The quantitative estimate of drug-likeness (QED) is 0.899. The molecule has 2 nitrogen and oxygen atoms in total. The molecule has 0 aliphatic rings. The molecule has 2 N–H and O–H groups in total. The molecule has 0 radical (unpaired) electrons. The number of aromatic nitrogens is 1. The van der Waals surface area contributed by atoms with Crippen molar-refractivity contribution in [3.63, 3.8) is 0 Å². The minimum Gasteiger partial charge on any atom is -0.383 e. The molecule has 1 atom stereocenters. The van der Waals surface area contributed by atoms with E-state index in [-0.39, 0.29) is 0 Å². The summed E-state index contributed by atoms with van der Waals surface area (Å²) in [6, 6.07) is 10.3. The van der Waals surface area contributed by atoms with Crippen LogP contribution >= 0.6 is 11.8 Å². The van der Waals surface area contributed by atoms with Crippen molar-refractivity contribution < 1.29 is 0 Å². The summed E-state index contributed by atoms with van der Waals surface area (Å²) < 4.78 is 0. The molecule has 0 saturated heterocycles. The number of benzene rings is 1. The molecule has 2 rings (SSSR count). The second-order valence-corrected chi connectivity index (χ2v) is 6.35. The summed E-state index contributed by atoms with van der Waals surface area (Å²) in [5.74, 6) is 2.28. The van der Waals surface area contributed by atoms with E-state index in [0.717, 1.165) is 16.8 Å². The molecular weight excluding hydrogens is 240 g/mol. The lowest BCUT2D eigenvalue weighted by atomic mass is 10.1. The van der Waals surface area contributed by atoms with Gasteiger partial charge in [0, 0.05) is 22.0 Å². The SMILES string of the molecule is CC(C)C(C)SCc1cc2ccccc2nc1N. The highest BCUT2D eigenvalue weighted by Gasteiger charge is 2.10. The van der Waals surface area contributed by atoms with Gasteiger partial charge in [0.1, 0.15) is 5.82 Å². The van der Waals surface area contributed by atoms with Crippen molar-refractivity contribution in [3.05, 3.63) is 35.9 Å². The fraction of sp³-hybridized carbons (Fsp3) is 0.400. The third kappa shape index (κ3) is 2.96. The lowest BCUT2D eigenvalue weighted by Gasteiger charge is -2.15. The molecule has 96 valence electrons. The number of nitrogen functional groups attached to an aromatic ring is 1. The third-order valence-electron chi connectivity index (χ3n) is 3.28. The monoisotopic (exact) mass is 260 g/mol. The first-order valence-electron chi connectivity index (χ1n) is 6.33. The van der Waals surface area contributed by atoms with Crippen molar-refractivity contribution in [2.75, 3.05) is 5.73 Å². The summed E-state index contributed by atoms with van der Waals surface area (Å²) in [5, 5.41) is 1.80. The molecule has 0 aliphatic carbocycles. The lowest BCUT2D eigenvalue weighted by molar-refractivity contribution is 0.642. The molecule has 1 heterocycles. The van der Waals surface area contributed by atoms with Crippen LogP contribution in [-0.4, -0.2) is 10.2 Å². The van der Waals surface area contributed by atoms with Crippen LogP contribution < -0.4 is 5.73 Å². The van der Waals surface area contributed by atoms with E-state index < -0.39 is 0 Å². The maximum Gasteiger partial charge on any atom is 0.128 e. The fourth-order valence-corrected chi connectivity index (χ4v) is 2.76. The smallest absolute Gasteiger partial charge is 0.128 e. The second-order valence-electron chi connectivity index (χ2n) is 4.99. The highest BCUT2D eigenvalue weighted by Crippen LogP contribution is 2.27. The number of rotatable bonds is 4. The van der Waals surface area contributed by atoms with Gasteiger partial charge in [0.2, 0.25) is 0 Å². The van der Waals surface area contributed by atoms with Gasteiger partial charge in [0.15, 0.2) is 0 Å². The Kier molecular flexibility index (Phi) is 4.12. The van der Waals surface area contributed by atoms with Crippen molar-refractivity contribution in [1.82, 2.24) is 4.98 Å². The van der Waals surface area contributed by atoms with Gasteiger partial charge in [-0.15, -0.1) is 0 Å². The van der Waals surface area contributed by atoms with Crippen molar-refractivity contribution in [2.45, 2.75) is 31.8 Å². The van der Waals surface area contributed by atoms with Gasteiger partial charge in [-0.05, 0) is 18.1 Å². The topological polar surface area (TPSA) is 38.9 Å². The molecule has 0 saturated carbocycles. The fourth-order valence-electron chi connectivity index (χ4n) is 1.70. The largest absolute Gasteiger partial charge is 0.383 e. The number of pyridine rings is 1. The summed E-state index contributed by atoms with van der Waals surface area (Å²) in [7, 11) is 0. The van der Waals surface area contributed by atoms with Gasteiger partial charge in [-0.3, -0.25) is 0 Å². The van der Waals surface area contributed by atoms with Gasteiger partial charge in [0.25, 0.3) is 0 Å². The van der Waals surface area contributed by atoms with Crippen LogP contribution in [0, 0.1) is 5.92 Å². The first kappa shape index (κ1) is 13.2. The normalized spacial score (nSPS) is 13.1. The van der Waals surface area contributed by atoms with Gasteiger partial charge < -0.3 is 5.73 Å². The van der Waals surface area contributed by atoms with Gasteiger partial charge in [-0.25, -0.2) is 4.98 Å². The molecule has 2 aromatic rings. The predicted molar refractivity (Wildman–Crippen MR) is 81.8 cm³/mol. The van der Waals surface area contributed by atoms with Gasteiger partial charge in [-0.1, -0.05) is 39.0 Å². The molecule has 0 spiro atoms. The number of anilines is 1. The van der Waals surface area contributed by atoms with Crippen molar-refractivity contribution >= 4 is 28.5 Å². The van der Waals surface area contributed by atoms with Crippen LogP contribution in [0.1, 0.15) is 26.3 Å². The van der Waals surface area contributed by atoms with Gasteiger partial charge >= 0.3 is 0 Å². The predicted octanol–water partition coefficient (Wildman–Crippen LogP) is 4.09. The number of hydrogen-bond acceptors (Lipinski definition) is 3. The van der Waals surface area contributed by atoms with E-state index in [9.17, 15) is 0 Å². The summed E-state index contributed by atoms with van der Waals surface area (Å²) in [4.78, 5) is 4.46. The molecular formula is C15H20N2S. The van der Waals surface area contributed by atoms with Gasteiger partial charge in [-0.2, -0.15) is 11.8 Å². The summed E-state index contributed by atoms with van der Waals surface area (Å²) in [5.41, 5.74) is 8.14. The number of thioether (sulfide) groups is 1.